The fourth-order valence-electron chi connectivity index (χ4n) is 3.29. The summed E-state index contributed by atoms with van der Waals surface area (Å²) in [7, 11) is -13.3. The molecule has 14 nitrogen and oxygen atoms in total. The topological polar surface area (TPSA) is 226 Å². The highest BCUT2D eigenvalue weighted by atomic mass is 35.5. The Kier molecular flexibility index (Phi) is 7.23. The van der Waals surface area contributed by atoms with Gasteiger partial charge in [0, 0.05) is 16.5 Å². The van der Waals surface area contributed by atoms with Crippen molar-refractivity contribution >= 4 is 75.7 Å². The Balaban J connectivity index is 1.77. The number of halogens is 1. The van der Waals surface area contributed by atoms with Gasteiger partial charge in [-0.15, -0.1) is 0 Å². The van der Waals surface area contributed by atoms with Crippen molar-refractivity contribution < 1.29 is 39.5 Å². The zero-order valence-corrected chi connectivity index (χ0v) is 22.3. The van der Waals surface area contributed by atoms with Crippen molar-refractivity contribution in [1.82, 2.24) is 15.0 Å². The molecule has 0 saturated heterocycles. The maximum Gasteiger partial charge on any atom is 0.295 e. The van der Waals surface area contributed by atoms with Gasteiger partial charge in [-0.05, 0) is 59.5 Å². The van der Waals surface area contributed by atoms with Gasteiger partial charge < -0.3 is 15.7 Å². The number of anilines is 4. The molecule has 18 heteroatoms. The van der Waals surface area contributed by atoms with E-state index >= 15 is 0 Å². The Hall–Kier alpha value is -3.87. The van der Waals surface area contributed by atoms with Crippen molar-refractivity contribution in [3.05, 3.63) is 65.8 Å². The van der Waals surface area contributed by atoms with Crippen molar-refractivity contribution in [2.24, 2.45) is 0 Å². The van der Waals surface area contributed by atoms with Gasteiger partial charge in [-0.1, -0.05) is 6.58 Å². The predicted molar refractivity (Wildman–Crippen MR) is 139 cm³/mol. The molecular weight excluding hydrogens is 598 g/mol. The van der Waals surface area contributed by atoms with Crippen LogP contribution in [-0.2, 0) is 30.1 Å². The van der Waals surface area contributed by atoms with E-state index in [2.05, 4.69) is 38.2 Å². The van der Waals surface area contributed by atoms with Crippen LogP contribution in [0.1, 0.15) is 0 Å². The number of aromatic nitrogens is 3. The molecule has 39 heavy (non-hydrogen) atoms. The van der Waals surface area contributed by atoms with E-state index in [-0.39, 0.29) is 38.5 Å². The second-order valence-corrected chi connectivity index (χ2v) is 12.6. The van der Waals surface area contributed by atoms with Crippen LogP contribution in [0.2, 0.25) is 5.28 Å². The van der Waals surface area contributed by atoms with Crippen molar-refractivity contribution in [1.29, 1.82) is 0 Å². The second-order valence-electron chi connectivity index (χ2n) is 7.61. The summed E-state index contributed by atoms with van der Waals surface area (Å²) in [5.41, 5.74) is 0.137. The number of hydrogen-bond acceptors (Lipinski definition) is 12. The fraction of sp³-hybridized carbons (Fsp3) is 0. The number of phenolic OH excluding ortho intramolecular Hbond substituents is 1. The normalized spacial score (nSPS) is 12.3. The first-order valence-corrected chi connectivity index (χ1v) is 15.0. The van der Waals surface area contributed by atoms with E-state index in [0.29, 0.717) is 5.69 Å². The highest BCUT2D eigenvalue weighted by Crippen LogP contribution is 2.37. The van der Waals surface area contributed by atoms with Gasteiger partial charge in [0.2, 0.25) is 17.2 Å². The van der Waals surface area contributed by atoms with Crippen LogP contribution in [0.15, 0.2) is 69.1 Å². The molecule has 3 aromatic carbocycles. The number of nitrogens with one attached hydrogen (secondary N) is 2. The maximum atomic E-state index is 11.9. The maximum absolute atomic E-state index is 11.9. The SMILES string of the molecule is C=CS(=O)(=O)c1ccc(Nc2nc(Cl)nc(Nc3cc(S(=O)(=O)O)cc4cc(S(=O)(=O)O)[c]c(O)c34)n2)cc1. The van der Waals surface area contributed by atoms with Gasteiger partial charge in [-0.25, -0.2) is 8.42 Å². The molecule has 203 valence electrons. The minimum atomic E-state index is -4.84. The number of nitrogens with zero attached hydrogens (tertiary/aromatic N) is 3. The van der Waals surface area contributed by atoms with E-state index in [9.17, 15) is 39.5 Å². The number of hydrogen-bond donors (Lipinski definition) is 5. The molecule has 1 heterocycles. The van der Waals surface area contributed by atoms with Gasteiger partial charge in [-0.3, -0.25) is 9.11 Å². The average Bonchev–Trinajstić information content (AvgIpc) is 2.82. The molecule has 0 atom stereocenters. The Morgan fingerprint density at radius 1 is 0.846 bits per heavy atom. The van der Waals surface area contributed by atoms with Crippen molar-refractivity contribution in [3.63, 3.8) is 0 Å². The lowest BCUT2D eigenvalue weighted by atomic mass is 10.1. The summed E-state index contributed by atoms with van der Waals surface area (Å²) >= 11 is 5.99. The lowest BCUT2D eigenvalue weighted by Gasteiger charge is -2.13. The van der Waals surface area contributed by atoms with E-state index < -0.39 is 45.6 Å². The molecule has 1 radical (unpaired) electrons. The smallest absolute Gasteiger partial charge is 0.295 e. The molecule has 0 aliphatic rings. The summed E-state index contributed by atoms with van der Waals surface area (Å²) in [6.07, 6.45) is 0. The molecule has 0 fully saturated rings. The molecule has 0 unspecified atom stereocenters. The number of sulfone groups is 1. The first-order chi connectivity index (χ1) is 18.1. The molecule has 0 aliphatic carbocycles. The van der Waals surface area contributed by atoms with Gasteiger partial charge in [0.15, 0.2) is 9.84 Å². The van der Waals surface area contributed by atoms with Crippen LogP contribution in [0, 0.1) is 6.07 Å². The van der Waals surface area contributed by atoms with Crippen LogP contribution in [0.25, 0.3) is 10.8 Å². The van der Waals surface area contributed by atoms with Crippen molar-refractivity contribution in [3.8, 4) is 5.75 Å². The highest BCUT2D eigenvalue weighted by Gasteiger charge is 2.21. The standard InChI is InChI=1S/C21H15ClN5O9S3/c1-2-37(29,30)13-5-3-12(4-6-13)23-20-25-19(22)26-21(27-20)24-16-9-14(38(31,32)33)7-11-8-15(39(34,35)36)10-17(28)18(11)16/h2-9,28H,1H2,(H,31,32,33)(H,34,35,36)(H2,23,24,25,26,27). The van der Waals surface area contributed by atoms with E-state index in [1.54, 1.807) is 0 Å². The van der Waals surface area contributed by atoms with Crippen LogP contribution >= 0.6 is 11.6 Å². The van der Waals surface area contributed by atoms with Crippen LogP contribution in [-0.4, -0.2) is 54.4 Å². The summed E-state index contributed by atoms with van der Waals surface area (Å²) in [4.78, 5) is 10.3. The molecule has 5 N–H and O–H groups in total. The van der Waals surface area contributed by atoms with Crippen molar-refractivity contribution in [2.75, 3.05) is 10.6 Å². The summed E-state index contributed by atoms with van der Waals surface area (Å²) in [5, 5.41) is 15.9. The highest BCUT2D eigenvalue weighted by molar-refractivity contribution is 7.94. The predicted octanol–water partition coefficient (Wildman–Crippen LogP) is 3.08. The zero-order chi connectivity index (χ0) is 28.8. The average molecular weight is 613 g/mol. The lowest BCUT2D eigenvalue weighted by Crippen LogP contribution is -2.06. The molecule has 4 aromatic rings. The summed E-state index contributed by atoms with van der Waals surface area (Å²) in [6, 6.07) is 10.1. The van der Waals surface area contributed by atoms with Gasteiger partial charge in [0.25, 0.3) is 20.2 Å². The van der Waals surface area contributed by atoms with Crippen LogP contribution < -0.4 is 10.6 Å². The number of rotatable bonds is 8. The van der Waals surface area contributed by atoms with E-state index in [0.717, 1.165) is 23.6 Å². The van der Waals surface area contributed by atoms with Gasteiger partial charge in [0.05, 0.1) is 21.5 Å². The van der Waals surface area contributed by atoms with Crippen LogP contribution in [0.4, 0.5) is 23.3 Å². The molecular formula is C21H15ClN5O9S3. The molecule has 4 rings (SSSR count). The van der Waals surface area contributed by atoms with Gasteiger partial charge in [0.1, 0.15) is 10.6 Å². The van der Waals surface area contributed by atoms with E-state index in [4.69, 9.17) is 11.6 Å². The molecule has 1 aromatic heterocycles. The minimum Gasteiger partial charge on any atom is -0.507 e. The third-order valence-corrected chi connectivity index (χ3v) is 8.14. The summed E-state index contributed by atoms with van der Waals surface area (Å²) in [6.45, 7) is 3.26. The Morgan fingerprint density at radius 3 is 2.03 bits per heavy atom. The van der Waals surface area contributed by atoms with Crippen LogP contribution in [0.5, 0.6) is 5.75 Å². The largest absolute Gasteiger partial charge is 0.507 e. The third kappa shape index (κ3) is 6.24. The van der Waals surface area contributed by atoms with Gasteiger partial charge >= 0.3 is 0 Å². The fourth-order valence-corrected chi connectivity index (χ4v) is 5.21. The lowest BCUT2D eigenvalue weighted by molar-refractivity contribution is 0.469. The number of fused-ring (bicyclic) bond motifs is 1. The Labute approximate surface area is 226 Å². The third-order valence-electron chi connectivity index (χ3n) is 5.00. The monoisotopic (exact) mass is 612 g/mol. The molecule has 0 amide bonds. The quantitative estimate of drug-likeness (QED) is 0.180. The first kappa shape index (κ1) is 28.1. The Bertz CT molecular complexity index is 1960. The van der Waals surface area contributed by atoms with Crippen molar-refractivity contribution in [2.45, 2.75) is 14.7 Å². The van der Waals surface area contributed by atoms with Crippen LogP contribution in [0.3, 0.4) is 0 Å². The summed E-state index contributed by atoms with van der Waals surface area (Å²) < 4.78 is 89.4. The minimum absolute atomic E-state index is 0.00144. The number of phenols is 1. The van der Waals surface area contributed by atoms with E-state index in [1.807, 2.05) is 0 Å². The molecule has 0 saturated carbocycles. The Morgan fingerprint density at radius 2 is 1.46 bits per heavy atom. The number of aromatic hydroxyl groups is 1. The second kappa shape index (κ2) is 10.0. The molecule has 0 aliphatic heterocycles. The summed E-state index contributed by atoms with van der Waals surface area (Å²) in [5.74, 6) is -1.20. The first-order valence-electron chi connectivity index (χ1n) is 10.2. The number of benzene rings is 3. The molecule has 0 bridgehead atoms. The van der Waals surface area contributed by atoms with Gasteiger partial charge in [-0.2, -0.15) is 31.8 Å². The van der Waals surface area contributed by atoms with E-state index in [1.165, 1.54) is 24.3 Å². The zero-order valence-electron chi connectivity index (χ0n) is 19.1. The molecule has 0 spiro atoms.